The molecular weight excluding hydrogens is 344 g/mol. The van der Waals surface area contributed by atoms with Gasteiger partial charge in [0.15, 0.2) is 0 Å². The number of aromatic amines is 1. The lowest BCUT2D eigenvalue weighted by atomic mass is 10.1. The van der Waals surface area contributed by atoms with Crippen LogP contribution in [0.3, 0.4) is 0 Å². The molecule has 24 heavy (non-hydrogen) atoms. The van der Waals surface area contributed by atoms with Crippen molar-refractivity contribution in [3.05, 3.63) is 56.3 Å². The number of benzene rings is 1. The summed E-state index contributed by atoms with van der Waals surface area (Å²) in [6, 6.07) is 6.18. The van der Waals surface area contributed by atoms with E-state index >= 15 is 0 Å². The standard InChI is InChI=1S/C16H17ClN6S/c1-9-5-6-10(2)14(7-9)23-15(17)13(11(3)21-23)8-18-22-12(4)19-20-16(22)24/h5-8H,1-4H3,(H,20,24)/b18-8-. The van der Waals surface area contributed by atoms with Crippen LogP contribution in [-0.2, 0) is 0 Å². The number of nitrogens with zero attached hydrogens (tertiary/aromatic N) is 5. The monoisotopic (exact) mass is 360 g/mol. The molecule has 0 radical (unpaired) electrons. The zero-order valence-corrected chi connectivity index (χ0v) is 15.4. The van der Waals surface area contributed by atoms with E-state index < -0.39 is 0 Å². The van der Waals surface area contributed by atoms with Gasteiger partial charge in [-0.05, 0) is 57.1 Å². The normalized spacial score (nSPS) is 11.5. The van der Waals surface area contributed by atoms with Gasteiger partial charge in [0.2, 0.25) is 4.77 Å². The second-order valence-corrected chi connectivity index (χ2v) is 6.37. The predicted octanol–water partition coefficient (Wildman–Crippen LogP) is 3.90. The minimum Gasteiger partial charge on any atom is -0.250 e. The molecule has 1 aromatic carbocycles. The molecule has 2 aromatic heterocycles. The summed E-state index contributed by atoms with van der Waals surface area (Å²) in [6.07, 6.45) is 1.66. The summed E-state index contributed by atoms with van der Waals surface area (Å²) in [7, 11) is 0. The van der Waals surface area contributed by atoms with Crippen LogP contribution in [0.1, 0.15) is 28.2 Å². The van der Waals surface area contributed by atoms with E-state index in [0.717, 1.165) is 28.1 Å². The molecule has 6 nitrogen and oxygen atoms in total. The summed E-state index contributed by atoms with van der Waals surface area (Å²) < 4.78 is 3.71. The number of hydrogen-bond donors (Lipinski definition) is 1. The van der Waals surface area contributed by atoms with E-state index in [2.05, 4.69) is 38.6 Å². The number of rotatable bonds is 3. The number of nitrogens with one attached hydrogen (secondary N) is 1. The fourth-order valence-electron chi connectivity index (χ4n) is 2.39. The Hall–Kier alpha value is -2.25. The molecule has 124 valence electrons. The third-order valence-electron chi connectivity index (χ3n) is 3.76. The van der Waals surface area contributed by atoms with Gasteiger partial charge >= 0.3 is 0 Å². The van der Waals surface area contributed by atoms with Crippen LogP contribution in [0.4, 0.5) is 0 Å². The number of halogens is 1. The van der Waals surface area contributed by atoms with Gasteiger partial charge < -0.3 is 0 Å². The van der Waals surface area contributed by atoms with Gasteiger partial charge in [-0.15, -0.1) is 0 Å². The van der Waals surface area contributed by atoms with Crippen molar-refractivity contribution in [1.82, 2.24) is 24.7 Å². The summed E-state index contributed by atoms with van der Waals surface area (Å²) >= 11 is 11.7. The molecular formula is C16H17ClN6S. The van der Waals surface area contributed by atoms with Gasteiger partial charge in [-0.3, -0.25) is 5.10 Å². The number of hydrogen-bond acceptors (Lipinski definition) is 4. The molecule has 0 fully saturated rings. The summed E-state index contributed by atoms with van der Waals surface area (Å²) in [6.45, 7) is 7.79. The Labute approximate surface area is 149 Å². The Morgan fingerprint density at radius 2 is 2.00 bits per heavy atom. The van der Waals surface area contributed by atoms with Gasteiger partial charge in [-0.1, -0.05) is 23.7 Å². The van der Waals surface area contributed by atoms with Crippen molar-refractivity contribution in [2.24, 2.45) is 5.10 Å². The average Bonchev–Trinajstić information content (AvgIpc) is 3.00. The summed E-state index contributed by atoms with van der Waals surface area (Å²) in [5, 5.41) is 16.2. The van der Waals surface area contributed by atoms with Gasteiger partial charge in [-0.25, -0.2) is 4.68 Å². The Morgan fingerprint density at radius 3 is 2.67 bits per heavy atom. The Morgan fingerprint density at radius 1 is 1.25 bits per heavy atom. The lowest BCUT2D eigenvalue weighted by molar-refractivity contribution is 0.820. The van der Waals surface area contributed by atoms with Crippen LogP contribution in [0.2, 0.25) is 5.15 Å². The third kappa shape index (κ3) is 2.92. The molecule has 0 atom stereocenters. The summed E-state index contributed by atoms with van der Waals surface area (Å²) in [4.78, 5) is 0. The highest BCUT2D eigenvalue weighted by molar-refractivity contribution is 7.71. The third-order valence-corrected chi connectivity index (χ3v) is 4.38. The number of aromatic nitrogens is 5. The summed E-state index contributed by atoms with van der Waals surface area (Å²) in [5.74, 6) is 0.673. The first-order chi connectivity index (χ1) is 11.4. The van der Waals surface area contributed by atoms with E-state index in [4.69, 9.17) is 23.8 Å². The Kier molecular flexibility index (Phi) is 4.38. The molecule has 0 aliphatic rings. The lowest BCUT2D eigenvalue weighted by Crippen LogP contribution is -2.00. The second kappa shape index (κ2) is 6.33. The number of aryl methyl sites for hydroxylation is 4. The van der Waals surface area contributed by atoms with E-state index in [1.54, 1.807) is 15.6 Å². The SMILES string of the molecule is Cc1ccc(C)c(-n2nc(C)c(/C=N\n3c(C)n[nH]c3=S)c2Cl)c1. The van der Waals surface area contributed by atoms with Crippen LogP contribution in [0, 0.1) is 32.5 Å². The van der Waals surface area contributed by atoms with Crippen LogP contribution < -0.4 is 0 Å². The highest BCUT2D eigenvalue weighted by Gasteiger charge is 2.15. The minimum atomic E-state index is 0.430. The highest BCUT2D eigenvalue weighted by atomic mass is 35.5. The van der Waals surface area contributed by atoms with Crippen LogP contribution >= 0.6 is 23.8 Å². The minimum absolute atomic E-state index is 0.430. The van der Waals surface area contributed by atoms with Gasteiger partial charge in [0.25, 0.3) is 0 Å². The molecule has 0 saturated heterocycles. The quantitative estimate of drug-likeness (QED) is 0.569. The van der Waals surface area contributed by atoms with Crippen LogP contribution in [0.25, 0.3) is 5.69 Å². The molecule has 0 aliphatic carbocycles. The van der Waals surface area contributed by atoms with Crippen LogP contribution in [0.5, 0.6) is 0 Å². The Bertz CT molecular complexity index is 995. The molecule has 0 aliphatic heterocycles. The van der Waals surface area contributed by atoms with Crippen molar-refractivity contribution in [2.45, 2.75) is 27.7 Å². The van der Waals surface area contributed by atoms with Crippen molar-refractivity contribution >= 4 is 30.0 Å². The summed E-state index contributed by atoms with van der Waals surface area (Å²) in [5.41, 5.74) is 4.74. The molecule has 2 heterocycles. The molecule has 1 N–H and O–H groups in total. The topological polar surface area (TPSA) is 63.8 Å². The fraction of sp³-hybridized carbons (Fsp3) is 0.250. The first kappa shape index (κ1) is 16.6. The van der Waals surface area contributed by atoms with E-state index in [1.165, 1.54) is 0 Å². The zero-order valence-electron chi connectivity index (χ0n) is 13.8. The van der Waals surface area contributed by atoms with Gasteiger partial charge in [0, 0.05) is 0 Å². The van der Waals surface area contributed by atoms with Gasteiger partial charge in [0.1, 0.15) is 11.0 Å². The highest BCUT2D eigenvalue weighted by Crippen LogP contribution is 2.25. The van der Waals surface area contributed by atoms with Gasteiger partial charge in [-0.2, -0.15) is 20.0 Å². The maximum Gasteiger partial charge on any atom is 0.216 e. The Balaban J connectivity index is 2.07. The molecule has 0 saturated carbocycles. The molecule has 3 rings (SSSR count). The van der Waals surface area contributed by atoms with Crippen LogP contribution in [0.15, 0.2) is 23.3 Å². The first-order valence-electron chi connectivity index (χ1n) is 7.39. The molecule has 0 amide bonds. The van der Waals surface area contributed by atoms with Crippen molar-refractivity contribution < 1.29 is 0 Å². The number of H-pyrrole nitrogens is 1. The van der Waals surface area contributed by atoms with E-state index in [9.17, 15) is 0 Å². The molecule has 8 heteroatoms. The molecule has 0 bridgehead atoms. The molecule has 0 unspecified atom stereocenters. The fourth-order valence-corrected chi connectivity index (χ4v) is 2.93. The van der Waals surface area contributed by atoms with Crippen molar-refractivity contribution in [3.8, 4) is 5.69 Å². The maximum absolute atomic E-state index is 6.56. The van der Waals surface area contributed by atoms with E-state index in [1.807, 2.05) is 27.7 Å². The molecule has 3 aromatic rings. The first-order valence-corrected chi connectivity index (χ1v) is 8.18. The van der Waals surface area contributed by atoms with E-state index in [0.29, 0.717) is 15.7 Å². The van der Waals surface area contributed by atoms with Crippen molar-refractivity contribution in [2.75, 3.05) is 0 Å². The van der Waals surface area contributed by atoms with Crippen LogP contribution in [-0.4, -0.2) is 30.9 Å². The largest absolute Gasteiger partial charge is 0.250 e. The van der Waals surface area contributed by atoms with Crippen molar-refractivity contribution in [3.63, 3.8) is 0 Å². The maximum atomic E-state index is 6.56. The smallest absolute Gasteiger partial charge is 0.216 e. The van der Waals surface area contributed by atoms with E-state index in [-0.39, 0.29) is 0 Å². The lowest BCUT2D eigenvalue weighted by Gasteiger charge is -2.08. The second-order valence-electron chi connectivity index (χ2n) is 5.62. The zero-order chi connectivity index (χ0) is 17.4. The predicted molar refractivity (Wildman–Crippen MR) is 97.9 cm³/mol. The average molecular weight is 361 g/mol. The van der Waals surface area contributed by atoms with Crippen molar-refractivity contribution in [1.29, 1.82) is 0 Å². The molecule has 0 spiro atoms. The van der Waals surface area contributed by atoms with Gasteiger partial charge in [0.05, 0.1) is 23.2 Å².